The Kier molecular flexibility index (Phi) is 8.61. The summed E-state index contributed by atoms with van der Waals surface area (Å²) in [5.74, 6) is -2.67. The first-order valence-electron chi connectivity index (χ1n) is 10.2. The number of carbonyl (C=O) groups excluding carboxylic acids is 4. The van der Waals surface area contributed by atoms with Crippen LogP contribution in [-0.4, -0.2) is 60.4 Å². The topological polar surface area (TPSA) is 93.2 Å². The van der Waals surface area contributed by atoms with Gasteiger partial charge in [0.1, 0.15) is 6.42 Å². The van der Waals surface area contributed by atoms with Gasteiger partial charge in [0, 0.05) is 7.05 Å². The Labute approximate surface area is 188 Å². The maximum atomic E-state index is 13.0. The first-order valence-corrected chi connectivity index (χ1v) is 10.2. The second-order valence-corrected chi connectivity index (χ2v) is 7.23. The lowest BCUT2D eigenvalue weighted by Crippen LogP contribution is -2.43. The van der Waals surface area contributed by atoms with Crippen LogP contribution in [0.1, 0.15) is 37.8 Å². The number of esters is 2. The van der Waals surface area contributed by atoms with Gasteiger partial charge in [-0.2, -0.15) is 13.2 Å². The lowest BCUT2D eigenvalue weighted by Gasteiger charge is -2.34. The van der Waals surface area contributed by atoms with Crippen molar-refractivity contribution in [1.29, 1.82) is 0 Å². The van der Waals surface area contributed by atoms with Crippen LogP contribution in [0.2, 0.25) is 0 Å². The fraction of sp³-hybridized carbons (Fsp3) is 0.455. The number of benzene rings is 1. The molecule has 1 aromatic rings. The number of rotatable bonds is 8. The van der Waals surface area contributed by atoms with Gasteiger partial charge >= 0.3 is 18.1 Å². The van der Waals surface area contributed by atoms with Crippen LogP contribution < -0.4 is 0 Å². The molecule has 180 valence electrons. The zero-order valence-corrected chi connectivity index (χ0v) is 18.5. The van der Waals surface area contributed by atoms with E-state index in [1.54, 1.807) is 13.8 Å². The van der Waals surface area contributed by atoms with E-state index in [1.807, 2.05) is 0 Å². The number of ether oxygens (including phenoxy) is 2. The van der Waals surface area contributed by atoms with Gasteiger partial charge in [0.15, 0.2) is 0 Å². The predicted octanol–water partition coefficient (Wildman–Crippen LogP) is 2.67. The highest BCUT2D eigenvalue weighted by atomic mass is 19.4. The molecule has 33 heavy (non-hydrogen) atoms. The van der Waals surface area contributed by atoms with Gasteiger partial charge in [-0.1, -0.05) is 12.1 Å². The van der Waals surface area contributed by atoms with Crippen LogP contribution in [0, 0.1) is 0 Å². The summed E-state index contributed by atoms with van der Waals surface area (Å²) in [5.41, 5.74) is -0.422. The third-order valence-corrected chi connectivity index (χ3v) is 4.86. The molecule has 11 heteroatoms. The summed E-state index contributed by atoms with van der Waals surface area (Å²) in [7, 11) is 1.48. The number of nitrogens with zero attached hydrogens (tertiary/aromatic N) is 2. The van der Waals surface area contributed by atoms with Gasteiger partial charge in [0.2, 0.25) is 11.8 Å². The van der Waals surface area contributed by atoms with Gasteiger partial charge in [-0.25, -0.2) is 4.79 Å². The molecule has 0 bridgehead atoms. The van der Waals surface area contributed by atoms with E-state index in [1.165, 1.54) is 24.1 Å². The van der Waals surface area contributed by atoms with Crippen LogP contribution in [0.3, 0.4) is 0 Å². The smallest absolute Gasteiger partial charge is 0.416 e. The lowest BCUT2D eigenvalue weighted by molar-refractivity contribution is -0.148. The first kappa shape index (κ1) is 25.9. The van der Waals surface area contributed by atoms with Crippen molar-refractivity contribution < 1.29 is 41.8 Å². The summed E-state index contributed by atoms with van der Waals surface area (Å²) >= 11 is 0. The lowest BCUT2D eigenvalue weighted by atomic mass is 10.0. The third kappa shape index (κ3) is 6.80. The minimum atomic E-state index is -4.52. The molecule has 1 aromatic carbocycles. The van der Waals surface area contributed by atoms with Gasteiger partial charge in [-0.05, 0) is 31.5 Å². The van der Waals surface area contributed by atoms with Crippen LogP contribution in [0.5, 0.6) is 0 Å². The van der Waals surface area contributed by atoms with Gasteiger partial charge < -0.3 is 19.3 Å². The van der Waals surface area contributed by atoms with Crippen molar-refractivity contribution in [2.24, 2.45) is 0 Å². The highest BCUT2D eigenvalue weighted by Gasteiger charge is 2.34. The second-order valence-electron chi connectivity index (χ2n) is 7.23. The Morgan fingerprint density at radius 2 is 1.67 bits per heavy atom. The molecule has 1 aliphatic rings. The molecular formula is C22H25F3N2O6. The summed E-state index contributed by atoms with van der Waals surface area (Å²) in [6.07, 6.45) is -5.49. The van der Waals surface area contributed by atoms with Crippen molar-refractivity contribution in [2.45, 2.75) is 39.4 Å². The number of carbonyl (C=O) groups is 4. The average Bonchev–Trinajstić information content (AvgIpc) is 2.73. The van der Waals surface area contributed by atoms with Crippen LogP contribution in [0.4, 0.5) is 13.2 Å². The van der Waals surface area contributed by atoms with Crippen molar-refractivity contribution in [1.82, 2.24) is 9.80 Å². The molecule has 0 saturated heterocycles. The fourth-order valence-electron chi connectivity index (χ4n) is 3.20. The molecule has 0 aromatic heterocycles. The molecule has 2 rings (SSSR count). The summed E-state index contributed by atoms with van der Waals surface area (Å²) in [5, 5.41) is 0. The Bertz CT molecular complexity index is 940. The molecule has 0 radical (unpaired) electrons. The van der Waals surface area contributed by atoms with Crippen molar-refractivity contribution in [3.8, 4) is 0 Å². The predicted molar refractivity (Wildman–Crippen MR) is 109 cm³/mol. The third-order valence-electron chi connectivity index (χ3n) is 4.86. The van der Waals surface area contributed by atoms with Crippen LogP contribution >= 0.6 is 0 Å². The maximum Gasteiger partial charge on any atom is 0.416 e. The molecule has 0 saturated carbocycles. The number of alkyl halides is 3. The van der Waals surface area contributed by atoms with Crippen LogP contribution in [0.25, 0.3) is 0 Å². The van der Waals surface area contributed by atoms with E-state index in [9.17, 15) is 32.3 Å². The second kappa shape index (κ2) is 11.0. The zero-order chi connectivity index (χ0) is 24.8. The molecule has 0 aliphatic carbocycles. The van der Waals surface area contributed by atoms with Crippen molar-refractivity contribution >= 4 is 23.8 Å². The highest BCUT2D eigenvalue weighted by Crippen LogP contribution is 2.30. The van der Waals surface area contributed by atoms with E-state index < -0.39 is 36.0 Å². The summed E-state index contributed by atoms with van der Waals surface area (Å²) < 4.78 is 48.5. The van der Waals surface area contributed by atoms with Crippen molar-refractivity contribution in [2.75, 3.05) is 26.8 Å². The van der Waals surface area contributed by atoms with E-state index >= 15 is 0 Å². The van der Waals surface area contributed by atoms with E-state index in [0.29, 0.717) is 5.56 Å². The molecule has 0 N–H and O–H groups in total. The molecule has 1 aliphatic heterocycles. The van der Waals surface area contributed by atoms with Crippen LogP contribution in [-0.2, 0) is 41.4 Å². The molecule has 2 amide bonds. The Morgan fingerprint density at radius 1 is 1.06 bits per heavy atom. The Balaban J connectivity index is 2.48. The molecule has 0 spiro atoms. The molecular weight excluding hydrogens is 445 g/mol. The molecule has 8 nitrogen and oxygen atoms in total. The van der Waals surface area contributed by atoms with E-state index in [0.717, 1.165) is 17.0 Å². The zero-order valence-electron chi connectivity index (χ0n) is 18.5. The Hall–Kier alpha value is -3.37. The van der Waals surface area contributed by atoms with E-state index in [-0.39, 0.29) is 49.9 Å². The number of hydrogen-bond acceptors (Lipinski definition) is 6. The summed E-state index contributed by atoms with van der Waals surface area (Å²) in [6.45, 7) is 2.90. The van der Waals surface area contributed by atoms with Gasteiger partial charge in [0.25, 0.3) is 0 Å². The number of halogens is 3. The minimum Gasteiger partial charge on any atom is -0.466 e. The number of likely N-dealkylation sites (N-methyl/N-ethyl adjacent to an activating group) is 1. The standard InChI is InChI=1S/C22H25F3N2O6/c1-4-32-20(30)11-19(29)27(12-14-6-8-15(9-7-14)22(23,24)25)17-13-26(3)18(28)10-16(17)21(31)33-5-2/h6-9H,4-5,10-13H2,1-3H3. The molecule has 0 unspecified atom stereocenters. The Morgan fingerprint density at radius 3 is 2.21 bits per heavy atom. The molecule has 0 atom stereocenters. The van der Waals surface area contributed by atoms with E-state index in [4.69, 9.17) is 9.47 Å². The first-order chi connectivity index (χ1) is 15.5. The normalized spacial score (nSPS) is 14.2. The summed E-state index contributed by atoms with van der Waals surface area (Å²) in [4.78, 5) is 52.1. The minimum absolute atomic E-state index is 0.0370. The van der Waals surface area contributed by atoms with E-state index in [2.05, 4.69) is 0 Å². The maximum absolute atomic E-state index is 13.0. The average molecular weight is 470 g/mol. The van der Waals surface area contributed by atoms with Gasteiger partial charge in [0.05, 0.1) is 49.6 Å². The van der Waals surface area contributed by atoms with Crippen LogP contribution in [0.15, 0.2) is 35.5 Å². The highest BCUT2D eigenvalue weighted by molar-refractivity contribution is 6.00. The summed E-state index contributed by atoms with van der Waals surface area (Å²) in [6, 6.07) is 4.16. The molecule has 1 heterocycles. The number of amides is 2. The number of hydrogen-bond donors (Lipinski definition) is 0. The SMILES string of the molecule is CCOC(=O)CC(=O)N(Cc1ccc(C(F)(F)F)cc1)C1=C(C(=O)OCC)CC(=O)N(C)C1. The van der Waals surface area contributed by atoms with Crippen molar-refractivity contribution in [3.63, 3.8) is 0 Å². The molecule has 0 fully saturated rings. The van der Waals surface area contributed by atoms with Gasteiger partial charge in [-0.15, -0.1) is 0 Å². The monoisotopic (exact) mass is 470 g/mol. The quantitative estimate of drug-likeness (QED) is 0.429. The van der Waals surface area contributed by atoms with Crippen molar-refractivity contribution in [3.05, 3.63) is 46.7 Å². The largest absolute Gasteiger partial charge is 0.466 e. The van der Waals surface area contributed by atoms with Gasteiger partial charge in [-0.3, -0.25) is 14.4 Å². The fourth-order valence-corrected chi connectivity index (χ4v) is 3.20.